The van der Waals surface area contributed by atoms with E-state index in [1.54, 1.807) is 6.07 Å². The average Bonchev–Trinajstić information content (AvgIpc) is 3.15. The van der Waals surface area contributed by atoms with E-state index in [4.69, 9.17) is 16.1 Å². The van der Waals surface area contributed by atoms with Gasteiger partial charge in [-0.2, -0.15) is 4.98 Å². The molecular formula is C20H20ClFN4O. The van der Waals surface area contributed by atoms with Gasteiger partial charge in [0.05, 0.1) is 0 Å². The van der Waals surface area contributed by atoms with Crippen molar-refractivity contribution in [3.63, 3.8) is 0 Å². The zero-order valence-electron chi connectivity index (χ0n) is 14.8. The molecule has 0 saturated carbocycles. The smallest absolute Gasteiger partial charge is 0.322 e. The van der Waals surface area contributed by atoms with Gasteiger partial charge in [-0.1, -0.05) is 47.1 Å². The van der Waals surface area contributed by atoms with Crippen LogP contribution in [0.1, 0.15) is 17.0 Å². The molecule has 4 rings (SSSR count). The van der Waals surface area contributed by atoms with Crippen LogP contribution >= 0.6 is 11.6 Å². The van der Waals surface area contributed by atoms with Gasteiger partial charge in [0.25, 0.3) is 0 Å². The van der Waals surface area contributed by atoms with Gasteiger partial charge < -0.3 is 9.42 Å². The lowest BCUT2D eigenvalue weighted by atomic mass is 10.1. The largest absolute Gasteiger partial charge is 0.324 e. The molecule has 0 bridgehead atoms. The maximum atomic E-state index is 13.8. The maximum absolute atomic E-state index is 13.8. The summed E-state index contributed by atoms with van der Waals surface area (Å²) in [5.41, 5.74) is 1.82. The molecule has 5 nitrogen and oxygen atoms in total. The van der Waals surface area contributed by atoms with Gasteiger partial charge >= 0.3 is 6.01 Å². The minimum absolute atomic E-state index is 0.149. The van der Waals surface area contributed by atoms with Crippen molar-refractivity contribution in [1.82, 2.24) is 15.0 Å². The van der Waals surface area contributed by atoms with Crippen LogP contribution in [0.5, 0.6) is 0 Å². The van der Waals surface area contributed by atoms with Crippen LogP contribution in [0.3, 0.4) is 0 Å². The normalized spacial score (nSPS) is 15.3. The summed E-state index contributed by atoms with van der Waals surface area (Å²) in [7, 11) is 0. The fourth-order valence-electron chi connectivity index (χ4n) is 3.19. The third-order valence-electron chi connectivity index (χ3n) is 4.73. The van der Waals surface area contributed by atoms with Crippen molar-refractivity contribution in [3.05, 3.63) is 76.3 Å². The van der Waals surface area contributed by atoms with E-state index < -0.39 is 0 Å². The summed E-state index contributed by atoms with van der Waals surface area (Å²) < 4.78 is 19.2. The quantitative estimate of drug-likeness (QED) is 0.667. The summed E-state index contributed by atoms with van der Waals surface area (Å²) >= 11 is 5.91. The molecule has 1 aliphatic heterocycles. The molecule has 0 N–H and O–H groups in total. The van der Waals surface area contributed by atoms with Crippen molar-refractivity contribution in [2.24, 2.45) is 0 Å². The number of aromatic nitrogens is 2. The predicted octanol–water partition coefficient (Wildman–Crippen LogP) is 3.78. The van der Waals surface area contributed by atoms with E-state index in [1.807, 2.05) is 36.4 Å². The van der Waals surface area contributed by atoms with Crippen molar-refractivity contribution < 1.29 is 8.91 Å². The molecule has 1 saturated heterocycles. The van der Waals surface area contributed by atoms with Crippen LogP contribution in [0.25, 0.3) is 0 Å². The van der Waals surface area contributed by atoms with E-state index in [0.29, 0.717) is 29.8 Å². The number of piperazine rings is 1. The monoisotopic (exact) mass is 386 g/mol. The molecule has 0 amide bonds. The summed E-state index contributed by atoms with van der Waals surface area (Å²) in [6.45, 7) is 3.81. The predicted molar refractivity (Wildman–Crippen MR) is 102 cm³/mol. The highest BCUT2D eigenvalue weighted by Gasteiger charge is 2.22. The molecule has 0 unspecified atom stereocenters. The highest BCUT2D eigenvalue weighted by atomic mass is 35.5. The molecule has 0 spiro atoms. The van der Waals surface area contributed by atoms with Gasteiger partial charge in [0.1, 0.15) is 5.82 Å². The number of benzene rings is 2. The Balaban J connectivity index is 1.33. The topological polar surface area (TPSA) is 45.4 Å². The van der Waals surface area contributed by atoms with Crippen LogP contribution in [-0.2, 0) is 13.0 Å². The second-order valence-electron chi connectivity index (χ2n) is 6.65. The van der Waals surface area contributed by atoms with Crippen molar-refractivity contribution in [3.8, 4) is 0 Å². The Kier molecular flexibility index (Phi) is 5.36. The van der Waals surface area contributed by atoms with Crippen molar-refractivity contribution >= 4 is 17.6 Å². The van der Waals surface area contributed by atoms with Gasteiger partial charge in [-0.15, -0.1) is 0 Å². The average molecular weight is 387 g/mol. The zero-order valence-corrected chi connectivity index (χ0v) is 15.6. The first-order chi connectivity index (χ1) is 13.2. The van der Waals surface area contributed by atoms with Crippen LogP contribution in [0.4, 0.5) is 10.4 Å². The number of nitrogens with zero attached hydrogens (tertiary/aromatic N) is 4. The molecule has 140 valence electrons. The summed E-state index contributed by atoms with van der Waals surface area (Å²) in [6.07, 6.45) is 0.605. The number of anilines is 1. The summed E-state index contributed by atoms with van der Waals surface area (Å²) in [5, 5.41) is 4.79. The van der Waals surface area contributed by atoms with E-state index in [9.17, 15) is 4.39 Å². The van der Waals surface area contributed by atoms with Crippen molar-refractivity contribution in [2.75, 3.05) is 31.1 Å². The van der Waals surface area contributed by atoms with Gasteiger partial charge in [0.2, 0.25) is 0 Å². The molecular weight excluding hydrogens is 367 g/mol. The van der Waals surface area contributed by atoms with E-state index in [1.165, 1.54) is 6.07 Å². The molecule has 2 aromatic carbocycles. The second kappa shape index (κ2) is 8.06. The van der Waals surface area contributed by atoms with Crippen LogP contribution in [0.2, 0.25) is 5.02 Å². The number of hydrogen-bond donors (Lipinski definition) is 0. The molecule has 1 aliphatic rings. The minimum atomic E-state index is -0.149. The highest BCUT2D eigenvalue weighted by molar-refractivity contribution is 6.30. The second-order valence-corrected chi connectivity index (χ2v) is 7.09. The van der Waals surface area contributed by atoms with Gasteiger partial charge in [-0.05, 0) is 23.8 Å². The fourth-order valence-corrected chi connectivity index (χ4v) is 3.32. The molecule has 3 aromatic rings. The third-order valence-corrected chi connectivity index (χ3v) is 4.98. The molecule has 7 heteroatoms. The lowest BCUT2D eigenvalue weighted by Crippen LogP contribution is -2.46. The molecule has 27 heavy (non-hydrogen) atoms. The molecule has 0 aliphatic carbocycles. The van der Waals surface area contributed by atoms with E-state index in [2.05, 4.69) is 19.9 Å². The van der Waals surface area contributed by atoms with Gasteiger partial charge in [0.15, 0.2) is 5.82 Å². The zero-order chi connectivity index (χ0) is 18.6. The Labute approximate surface area is 162 Å². The Morgan fingerprint density at radius 3 is 2.48 bits per heavy atom. The molecule has 1 aromatic heterocycles. The molecule has 1 fully saturated rings. The lowest BCUT2D eigenvalue weighted by Gasteiger charge is -2.33. The van der Waals surface area contributed by atoms with Gasteiger partial charge in [-0.3, -0.25) is 4.90 Å². The Bertz CT molecular complexity index is 891. The highest BCUT2D eigenvalue weighted by Crippen LogP contribution is 2.18. The number of hydrogen-bond acceptors (Lipinski definition) is 5. The summed E-state index contributed by atoms with van der Waals surface area (Å²) in [6, 6.07) is 15.1. The Hall–Kier alpha value is -2.44. The van der Waals surface area contributed by atoms with Crippen LogP contribution < -0.4 is 4.90 Å². The summed E-state index contributed by atoms with van der Waals surface area (Å²) in [4.78, 5) is 8.83. The molecule has 0 atom stereocenters. The van der Waals surface area contributed by atoms with Gasteiger partial charge in [0, 0.05) is 49.7 Å². The van der Waals surface area contributed by atoms with Gasteiger partial charge in [-0.25, -0.2) is 4.39 Å². The first-order valence-corrected chi connectivity index (χ1v) is 9.33. The van der Waals surface area contributed by atoms with E-state index >= 15 is 0 Å². The first-order valence-electron chi connectivity index (χ1n) is 8.95. The lowest BCUT2D eigenvalue weighted by molar-refractivity contribution is 0.239. The number of halogens is 2. The van der Waals surface area contributed by atoms with Crippen LogP contribution in [-0.4, -0.2) is 41.2 Å². The minimum Gasteiger partial charge on any atom is -0.322 e. The van der Waals surface area contributed by atoms with Crippen molar-refractivity contribution in [2.45, 2.75) is 13.0 Å². The first kappa shape index (κ1) is 17.9. The van der Waals surface area contributed by atoms with Crippen LogP contribution in [0.15, 0.2) is 53.1 Å². The maximum Gasteiger partial charge on any atom is 0.324 e. The molecule has 0 radical (unpaired) electrons. The van der Waals surface area contributed by atoms with E-state index in [-0.39, 0.29) is 5.82 Å². The molecule has 2 heterocycles. The summed E-state index contributed by atoms with van der Waals surface area (Å²) in [5.74, 6) is 0.504. The fraction of sp³-hybridized carbons (Fsp3) is 0.300. The van der Waals surface area contributed by atoms with Crippen LogP contribution in [0, 0.1) is 5.82 Å². The standard InChI is InChI=1S/C20H20ClFN4O/c21-17-7-5-15(6-8-17)13-19-23-20(27-24-19)26-11-9-25(10-12-26)14-16-3-1-2-4-18(16)22/h1-8H,9-14H2. The third kappa shape index (κ3) is 4.46. The number of rotatable bonds is 5. The Morgan fingerprint density at radius 2 is 1.74 bits per heavy atom. The van der Waals surface area contributed by atoms with E-state index in [0.717, 1.165) is 37.3 Å². The van der Waals surface area contributed by atoms with Crippen molar-refractivity contribution in [1.29, 1.82) is 0 Å². The Morgan fingerprint density at radius 1 is 1.00 bits per heavy atom. The SMILES string of the molecule is Fc1ccccc1CN1CCN(c2nc(Cc3ccc(Cl)cc3)no2)CC1.